The predicted molar refractivity (Wildman–Crippen MR) is 89.3 cm³/mol. The molecule has 2 rings (SSSR count). The summed E-state index contributed by atoms with van der Waals surface area (Å²) >= 11 is 0. The van der Waals surface area contributed by atoms with Gasteiger partial charge < -0.3 is 5.73 Å². The molecule has 0 atom stereocenters. The molecule has 0 aliphatic carbocycles. The maximum atomic E-state index is 12.0. The molecule has 0 bridgehead atoms. The Hall–Kier alpha value is -2.34. The molecule has 5 nitrogen and oxygen atoms in total. The lowest BCUT2D eigenvalue weighted by atomic mass is 10.0. The first-order chi connectivity index (χ1) is 10.4. The number of rotatable bonds is 5. The highest BCUT2D eigenvalue weighted by Crippen LogP contribution is 2.14. The monoisotopic (exact) mass is 317 g/mol. The van der Waals surface area contributed by atoms with Crippen LogP contribution in [-0.2, 0) is 10.0 Å². The van der Waals surface area contributed by atoms with Crippen LogP contribution in [0.3, 0.4) is 0 Å². The summed E-state index contributed by atoms with van der Waals surface area (Å²) in [5, 5.41) is 3.79. The van der Waals surface area contributed by atoms with Crippen molar-refractivity contribution in [2.75, 3.05) is 5.73 Å². The quantitative estimate of drug-likeness (QED) is 0.505. The lowest BCUT2D eigenvalue weighted by Crippen LogP contribution is -2.18. The Morgan fingerprint density at radius 1 is 1.05 bits per heavy atom. The Labute approximate surface area is 130 Å². The summed E-state index contributed by atoms with van der Waals surface area (Å²) in [5.74, 6) is 0.454. The van der Waals surface area contributed by atoms with Gasteiger partial charge in [0, 0.05) is 5.69 Å². The molecule has 22 heavy (non-hydrogen) atoms. The fourth-order valence-corrected chi connectivity index (χ4v) is 2.63. The minimum atomic E-state index is -3.67. The molecule has 0 unspecified atom stereocenters. The van der Waals surface area contributed by atoms with Crippen LogP contribution in [0.1, 0.15) is 30.9 Å². The standard InChI is InChI=1S/C16H19N3O2S/c1-12(2)14-5-3-13(4-6-14)11-18-19-22(20,21)16-9-7-15(17)8-10-16/h3-12,19H,17H2,1-2H3/b18-11+. The molecule has 2 aromatic rings. The van der Waals surface area contributed by atoms with Gasteiger partial charge in [0.25, 0.3) is 10.0 Å². The Bertz CT molecular complexity index is 749. The second-order valence-corrected chi connectivity index (χ2v) is 6.90. The van der Waals surface area contributed by atoms with Crippen molar-refractivity contribution in [2.45, 2.75) is 24.7 Å². The van der Waals surface area contributed by atoms with E-state index in [2.05, 4.69) is 23.8 Å². The molecule has 0 spiro atoms. The van der Waals surface area contributed by atoms with Gasteiger partial charge in [0.05, 0.1) is 11.1 Å². The SMILES string of the molecule is CC(C)c1ccc(/C=N/NS(=O)(=O)c2ccc(N)cc2)cc1. The number of nitrogens with zero attached hydrogens (tertiary/aromatic N) is 1. The third-order valence-electron chi connectivity index (χ3n) is 3.18. The van der Waals surface area contributed by atoms with Crippen molar-refractivity contribution in [1.29, 1.82) is 0 Å². The van der Waals surface area contributed by atoms with Gasteiger partial charge in [-0.1, -0.05) is 38.1 Å². The Morgan fingerprint density at radius 3 is 2.18 bits per heavy atom. The Morgan fingerprint density at radius 2 is 1.64 bits per heavy atom. The fraction of sp³-hybridized carbons (Fsp3) is 0.188. The number of hydrazone groups is 1. The summed E-state index contributed by atoms with van der Waals surface area (Å²) in [7, 11) is -3.67. The zero-order chi connectivity index (χ0) is 16.2. The highest BCUT2D eigenvalue weighted by Gasteiger charge is 2.11. The molecule has 6 heteroatoms. The molecular weight excluding hydrogens is 298 g/mol. The van der Waals surface area contributed by atoms with E-state index in [9.17, 15) is 8.42 Å². The maximum absolute atomic E-state index is 12.0. The third kappa shape index (κ3) is 4.08. The molecule has 0 amide bonds. The lowest BCUT2D eigenvalue weighted by molar-refractivity contribution is 0.584. The summed E-state index contributed by atoms with van der Waals surface area (Å²) in [4.78, 5) is 2.30. The maximum Gasteiger partial charge on any atom is 0.276 e. The molecule has 0 aliphatic heterocycles. The Kier molecular flexibility index (Phi) is 4.82. The zero-order valence-electron chi connectivity index (χ0n) is 12.5. The summed E-state index contributed by atoms with van der Waals surface area (Å²) in [5.41, 5.74) is 8.09. The summed E-state index contributed by atoms with van der Waals surface area (Å²) in [6.45, 7) is 4.23. The van der Waals surface area contributed by atoms with E-state index in [0.717, 1.165) is 5.56 Å². The van der Waals surface area contributed by atoms with Gasteiger partial charge in [0.15, 0.2) is 0 Å². The Balaban J connectivity index is 2.06. The average molecular weight is 317 g/mol. The van der Waals surface area contributed by atoms with Crippen LogP contribution in [-0.4, -0.2) is 14.6 Å². The van der Waals surface area contributed by atoms with Gasteiger partial charge in [0.2, 0.25) is 0 Å². The van der Waals surface area contributed by atoms with E-state index >= 15 is 0 Å². The smallest absolute Gasteiger partial charge is 0.276 e. The van der Waals surface area contributed by atoms with E-state index in [0.29, 0.717) is 11.6 Å². The van der Waals surface area contributed by atoms with Crippen molar-refractivity contribution in [3.05, 3.63) is 59.7 Å². The minimum absolute atomic E-state index is 0.119. The third-order valence-corrected chi connectivity index (χ3v) is 4.42. The van der Waals surface area contributed by atoms with E-state index in [1.165, 1.54) is 36.0 Å². The van der Waals surface area contributed by atoms with Gasteiger partial charge in [0.1, 0.15) is 0 Å². The fourth-order valence-electron chi connectivity index (χ4n) is 1.84. The van der Waals surface area contributed by atoms with Crippen LogP contribution in [0.15, 0.2) is 58.5 Å². The van der Waals surface area contributed by atoms with Crippen LogP contribution < -0.4 is 10.6 Å². The largest absolute Gasteiger partial charge is 0.399 e. The summed E-state index contributed by atoms with van der Waals surface area (Å²) < 4.78 is 24.0. The van der Waals surface area contributed by atoms with E-state index in [-0.39, 0.29) is 4.90 Å². The minimum Gasteiger partial charge on any atom is -0.399 e. The number of nitrogens with one attached hydrogen (secondary N) is 1. The number of nitrogen functional groups attached to an aromatic ring is 1. The second-order valence-electron chi connectivity index (χ2n) is 5.24. The molecule has 116 valence electrons. The van der Waals surface area contributed by atoms with Crippen LogP contribution in [0, 0.1) is 0 Å². The number of anilines is 1. The number of hydrogen-bond acceptors (Lipinski definition) is 4. The predicted octanol–water partition coefficient (Wildman–Crippen LogP) is 2.70. The van der Waals surface area contributed by atoms with E-state index < -0.39 is 10.0 Å². The number of benzene rings is 2. The van der Waals surface area contributed by atoms with Gasteiger partial charge in [-0.3, -0.25) is 0 Å². The van der Waals surface area contributed by atoms with E-state index in [1.807, 2.05) is 24.3 Å². The lowest BCUT2D eigenvalue weighted by Gasteiger charge is -2.05. The van der Waals surface area contributed by atoms with Gasteiger partial charge in [-0.25, -0.2) is 4.83 Å². The number of sulfonamides is 1. The summed E-state index contributed by atoms with van der Waals surface area (Å²) in [6, 6.07) is 13.7. The van der Waals surface area contributed by atoms with Crippen LogP contribution in [0.2, 0.25) is 0 Å². The zero-order valence-corrected chi connectivity index (χ0v) is 13.3. The molecule has 0 heterocycles. The molecule has 0 aromatic heterocycles. The molecular formula is C16H19N3O2S. The average Bonchev–Trinajstić information content (AvgIpc) is 2.48. The molecule has 0 saturated carbocycles. The normalized spacial score (nSPS) is 12.0. The van der Waals surface area contributed by atoms with Gasteiger partial charge in [-0.2, -0.15) is 13.5 Å². The van der Waals surface area contributed by atoms with Gasteiger partial charge in [-0.15, -0.1) is 0 Å². The first-order valence-electron chi connectivity index (χ1n) is 6.89. The van der Waals surface area contributed by atoms with E-state index in [1.54, 1.807) is 0 Å². The summed E-state index contributed by atoms with van der Waals surface area (Å²) in [6.07, 6.45) is 1.47. The van der Waals surface area contributed by atoms with Crippen molar-refractivity contribution >= 4 is 21.9 Å². The van der Waals surface area contributed by atoms with Gasteiger partial charge >= 0.3 is 0 Å². The first kappa shape index (κ1) is 16.0. The highest BCUT2D eigenvalue weighted by molar-refractivity contribution is 7.89. The number of hydrogen-bond donors (Lipinski definition) is 2. The second kappa shape index (κ2) is 6.62. The van der Waals surface area contributed by atoms with E-state index in [4.69, 9.17) is 5.73 Å². The van der Waals surface area contributed by atoms with Crippen molar-refractivity contribution < 1.29 is 8.42 Å². The van der Waals surface area contributed by atoms with Crippen LogP contribution in [0.25, 0.3) is 0 Å². The molecule has 0 aliphatic rings. The van der Waals surface area contributed by atoms with Crippen molar-refractivity contribution in [1.82, 2.24) is 4.83 Å². The highest BCUT2D eigenvalue weighted by atomic mass is 32.2. The van der Waals surface area contributed by atoms with Crippen LogP contribution in [0.5, 0.6) is 0 Å². The van der Waals surface area contributed by atoms with Gasteiger partial charge in [-0.05, 0) is 41.3 Å². The molecule has 3 N–H and O–H groups in total. The van der Waals surface area contributed by atoms with Crippen LogP contribution >= 0.6 is 0 Å². The van der Waals surface area contributed by atoms with Crippen molar-refractivity contribution in [3.63, 3.8) is 0 Å². The molecule has 0 fully saturated rings. The van der Waals surface area contributed by atoms with Crippen LogP contribution in [0.4, 0.5) is 5.69 Å². The first-order valence-corrected chi connectivity index (χ1v) is 8.37. The molecule has 2 aromatic carbocycles. The van der Waals surface area contributed by atoms with Crippen molar-refractivity contribution in [3.8, 4) is 0 Å². The number of nitrogens with two attached hydrogens (primary N) is 1. The molecule has 0 radical (unpaired) electrons. The van der Waals surface area contributed by atoms with Crippen molar-refractivity contribution in [2.24, 2.45) is 5.10 Å². The topological polar surface area (TPSA) is 84.5 Å². The molecule has 0 saturated heterocycles.